The van der Waals surface area contributed by atoms with E-state index < -0.39 is 5.41 Å². The average Bonchev–Trinajstić information content (AvgIpc) is 2.72. The number of aryl methyl sites for hydroxylation is 1. The number of hydrogen-bond acceptors (Lipinski definition) is 3. The van der Waals surface area contributed by atoms with Gasteiger partial charge < -0.3 is 10.4 Å². The van der Waals surface area contributed by atoms with Crippen LogP contribution in [0.4, 0.5) is 5.69 Å². The smallest absolute Gasteiger partial charge is 0.294 e. The fraction of sp³-hybridized carbons (Fsp3) is 0.385. The average molecular weight is 245 g/mol. The van der Waals surface area contributed by atoms with Crippen molar-refractivity contribution in [1.82, 2.24) is 9.55 Å². The third kappa shape index (κ3) is 1.21. The second-order valence-electron chi connectivity index (χ2n) is 5.12. The lowest BCUT2D eigenvalue weighted by atomic mass is 9.86. The Kier molecular flexibility index (Phi) is 2.00. The summed E-state index contributed by atoms with van der Waals surface area (Å²) < 4.78 is 1.73. The summed E-state index contributed by atoms with van der Waals surface area (Å²) >= 11 is 0. The van der Waals surface area contributed by atoms with Crippen molar-refractivity contribution in [3.63, 3.8) is 0 Å². The van der Waals surface area contributed by atoms with Gasteiger partial charge >= 0.3 is 0 Å². The van der Waals surface area contributed by atoms with E-state index in [9.17, 15) is 9.90 Å². The van der Waals surface area contributed by atoms with Gasteiger partial charge in [0.25, 0.3) is 6.01 Å². The molecule has 2 N–H and O–H groups in total. The minimum Gasteiger partial charge on any atom is -0.480 e. The van der Waals surface area contributed by atoms with Gasteiger partial charge in [0, 0.05) is 12.2 Å². The molecule has 1 aromatic carbocycles. The molecule has 0 radical (unpaired) electrons. The summed E-state index contributed by atoms with van der Waals surface area (Å²) in [5, 5.41) is 12.6. The topological polar surface area (TPSA) is 67.1 Å². The highest BCUT2D eigenvalue weighted by Crippen LogP contribution is 2.40. The largest absolute Gasteiger partial charge is 0.480 e. The number of nitrogens with zero attached hydrogens (tertiary/aromatic N) is 2. The van der Waals surface area contributed by atoms with Gasteiger partial charge in [0.05, 0.1) is 16.4 Å². The van der Waals surface area contributed by atoms with Gasteiger partial charge in [0.15, 0.2) is 0 Å². The van der Waals surface area contributed by atoms with E-state index in [1.54, 1.807) is 4.57 Å². The molecule has 0 fully saturated rings. The molecule has 5 heteroatoms. The first-order valence-electron chi connectivity index (χ1n) is 6.00. The highest BCUT2D eigenvalue weighted by atomic mass is 16.3. The summed E-state index contributed by atoms with van der Waals surface area (Å²) in [6, 6.07) is 3.78. The third-order valence-corrected chi connectivity index (χ3v) is 3.67. The number of aromatic hydroxyl groups is 1. The Morgan fingerprint density at radius 1 is 1.44 bits per heavy atom. The number of carbonyl (C=O) groups excluding carboxylic acids is 1. The maximum absolute atomic E-state index is 11.9. The van der Waals surface area contributed by atoms with Gasteiger partial charge in [-0.2, -0.15) is 4.98 Å². The number of carbonyl (C=O) groups is 1. The number of nitrogens with one attached hydrogen (secondary N) is 1. The predicted octanol–water partition coefficient (Wildman–Crippen LogP) is 1.99. The lowest BCUT2D eigenvalue weighted by Crippen LogP contribution is -2.26. The van der Waals surface area contributed by atoms with E-state index in [2.05, 4.69) is 10.3 Å². The highest BCUT2D eigenvalue weighted by Gasteiger charge is 2.38. The van der Waals surface area contributed by atoms with Gasteiger partial charge in [0.2, 0.25) is 5.91 Å². The molecule has 0 saturated carbocycles. The van der Waals surface area contributed by atoms with E-state index >= 15 is 0 Å². The van der Waals surface area contributed by atoms with Crippen molar-refractivity contribution < 1.29 is 9.90 Å². The zero-order chi connectivity index (χ0) is 13.1. The maximum Gasteiger partial charge on any atom is 0.294 e. The van der Waals surface area contributed by atoms with Crippen LogP contribution in [0.5, 0.6) is 6.01 Å². The summed E-state index contributed by atoms with van der Waals surface area (Å²) in [5.74, 6) is -0.00239. The molecule has 2 aromatic rings. The van der Waals surface area contributed by atoms with Crippen LogP contribution in [-0.2, 0) is 16.8 Å². The Morgan fingerprint density at radius 3 is 2.83 bits per heavy atom. The van der Waals surface area contributed by atoms with Crippen molar-refractivity contribution in [3.05, 3.63) is 17.7 Å². The van der Waals surface area contributed by atoms with Crippen molar-refractivity contribution >= 4 is 22.6 Å². The zero-order valence-electron chi connectivity index (χ0n) is 10.6. The lowest BCUT2D eigenvalue weighted by molar-refractivity contribution is -0.119. The number of fused-ring (bicyclic) bond motifs is 2. The van der Waals surface area contributed by atoms with Gasteiger partial charge in [-0.25, -0.2) is 0 Å². The van der Waals surface area contributed by atoms with Crippen molar-refractivity contribution in [2.75, 3.05) is 5.32 Å². The number of benzene rings is 1. The van der Waals surface area contributed by atoms with E-state index in [-0.39, 0.29) is 11.9 Å². The van der Waals surface area contributed by atoms with Crippen LogP contribution in [0, 0.1) is 0 Å². The van der Waals surface area contributed by atoms with Gasteiger partial charge in [-0.3, -0.25) is 9.36 Å². The summed E-state index contributed by atoms with van der Waals surface area (Å²) in [6.07, 6.45) is 0. The summed E-state index contributed by atoms with van der Waals surface area (Å²) in [5.41, 5.74) is 2.76. The molecular weight excluding hydrogens is 230 g/mol. The first-order valence-corrected chi connectivity index (χ1v) is 6.00. The minimum absolute atomic E-state index is 0.00239. The molecule has 3 rings (SSSR count). The van der Waals surface area contributed by atoms with E-state index in [1.165, 1.54) is 0 Å². The molecule has 5 nitrogen and oxygen atoms in total. The van der Waals surface area contributed by atoms with Crippen molar-refractivity contribution in [1.29, 1.82) is 0 Å². The number of aromatic nitrogens is 2. The number of amides is 1. The fourth-order valence-electron chi connectivity index (χ4n) is 2.49. The Hall–Kier alpha value is -2.04. The molecule has 18 heavy (non-hydrogen) atoms. The fourth-order valence-corrected chi connectivity index (χ4v) is 2.49. The quantitative estimate of drug-likeness (QED) is 0.807. The molecule has 0 atom stereocenters. The van der Waals surface area contributed by atoms with E-state index in [0.717, 1.165) is 16.8 Å². The molecule has 1 aliphatic heterocycles. The van der Waals surface area contributed by atoms with Crippen molar-refractivity contribution in [2.24, 2.45) is 0 Å². The zero-order valence-corrected chi connectivity index (χ0v) is 10.6. The normalized spacial score (nSPS) is 16.9. The van der Waals surface area contributed by atoms with Gasteiger partial charge in [0.1, 0.15) is 0 Å². The highest BCUT2D eigenvalue weighted by molar-refractivity contribution is 6.07. The number of rotatable bonds is 1. The second-order valence-corrected chi connectivity index (χ2v) is 5.12. The van der Waals surface area contributed by atoms with Crippen LogP contribution < -0.4 is 5.32 Å². The van der Waals surface area contributed by atoms with Gasteiger partial charge in [-0.1, -0.05) is 0 Å². The maximum atomic E-state index is 11.9. The van der Waals surface area contributed by atoms with Gasteiger partial charge in [-0.05, 0) is 38.5 Å². The molecule has 1 aliphatic rings. The Bertz CT molecular complexity index is 670. The van der Waals surface area contributed by atoms with Crippen molar-refractivity contribution in [3.8, 4) is 6.01 Å². The molecule has 2 heterocycles. The van der Waals surface area contributed by atoms with Crippen LogP contribution in [0.25, 0.3) is 11.0 Å². The lowest BCUT2D eigenvalue weighted by Gasteiger charge is -2.15. The van der Waals surface area contributed by atoms with Crippen LogP contribution in [0.1, 0.15) is 26.3 Å². The Labute approximate surface area is 104 Å². The number of anilines is 1. The monoisotopic (exact) mass is 245 g/mol. The molecule has 0 aliphatic carbocycles. The van der Waals surface area contributed by atoms with E-state index in [4.69, 9.17) is 0 Å². The number of imidazole rings is 1. The summed E-state index contributed by atoms with van der Waals surface area (Å²) in [6.45, 7) is 6.38. The summed E-state index contributed by atoms with van der Waals surface area (Å²) in [4.78, 5) is 16.0. The summed E-state index contributed by atoms with van der Waals surface area (Å²) in [7, 11) is 0. The molecular formula is C13H15N3O2. The van der Waals surface area contributed by atoms with Crippen LogP contribution >= 0.6 is 0 Å². The van der Waals surface area contributed by atoms with Crippen LogP contribution in [0.15, 0.2) is 12.1 Å². The number of hydrogen-bond donors (Lipinski definition) is 2. The SMILES string of the molecule is CCn1c(O)nc2cc3c(cc21)C(C)(C)C(=O)N3. The molecule has 0 bridgehead atoms. The van der Waals surface area contributed by atoms with Crippen LogP contribution in [0.3, 0.4) is 0 Å². The molecule has 1 aromatic heterocycles. The molecule has 1 amide bonds. The molecule has 0 saturated heterocycles. The first kappa shape index (κ1) is 11.1. The van der Waals surface area contributed by atoms with Crippen LogP contribution in [-0.4, -0.2) is 20.6 Å². The van der Waals surface area contributed by atoms with E-state index in [0.29, 0.717) is 12.1 Å². The molecule has 94 valence electrons. The Morgan fingerprint density at radius 2 is 2.17 bits per heavy atom. The first-order chi connectivity index (χ1) is 8.45. The minimum atomic E-state index is -0.540. The standard InChI is InChI=1S/C13H15N3O2/c1-4-16-10-5-7-8(6-9(10)15-12(16)18)14-11(17)13(7,2)3/h5-6H,4H2,1-3H3,(H,14,17)(H,15,18). The van der Waals surface area contributed by atoms with E-state index in [1.807, 2.05) is 32.9 Å². The Balaban J connectivity index is 2.34. The van der Waals surface area contributed by atoms with Crippen LogP contribution in [0.2, 0.25) is 0 Å². The second kappa shape index (κ2) is 3.25. The van der Waals surface area contributed by atoms with Crippen molar-refractivity contribution in [2.45, 2.75) is 32.7 Å². The molecule has 0 spiro atoms. The van der Waals surface area contributed by atoms with Gasteiger partial charge in [-0.15, -0.1) is 0 Å². The third-order valence-electron chi connectivity index (χ3n) is 3.67. The predicted molar refractivity (Wildman–Crippen MR) is 68.7 cm³/mol. The molecule has 0 unspecified atom stereocenters.